The molecule has 2 N–H and O–H groups in total. The molecule has 1 fully saturated rings. The lowest BCUT2D eigenvalue weighted by Gasteiger charge is -2.36. The Hall–Kier alpha value is -1.24. The number of nitrogens with zero attached hydrogens (tertiary/aromatic N) is 4. The molecular formula is C29H54ClN5O6Si3. The number of nitrogens with one attached hydrogen (secondary N) is 1. The van der Waals surface area contributed by atoms with Crippen molar-refractivity contribution in [2.45, 2.75) is 136 Å². The van der Waals surface area contributed by atoms with Gasteiger partial charge in [0.15, 0.2) is 34.4 Å². The fourth-order valence-electron chi connectivity index (χ4n) is 5.62. The first kappa shape index (κ1) is 37.2. The first-order valence-electron chi connectivity index (χ1n) is 15.8. The van der Waals surface area contributed by atoms with Gasteiger partial charge < -0.3 is 22.8 Å². The summed E-state index contributed by atoms with van der Waals surface area (Å²) in [7, 11) is -6.98. The first-order valence-corrected chi connectivity index (χ1v) is 23.4. The highest BCUT2D eigenvalue weighted by atomic mass is 35.5. The normalized spacial score (nSPS) is 21.8. The van der Waals surface area contributed by atoms with Gasteiger partial charge in [-0.15, -0.1) is 0 Å². The molecule has 11 nitrogen and oxygen atoms in total. The van der Waals surface area contributed by atoms with Crippen LogP contribution in [0.25, 0.3) is 11.2 Å². The number of aromatic nitrogens is 4. The molecule has 1 aliphatic rings. The Bertz CT molecular complexity index is 1260. The van der Waals surface area contributed by atoms with E-state index in [1.54, 1.807) is 24.7 Å². The minimum absolute atomic E-state index is 0.00236. The van der Waals surface area contributed by atoms with Gasteiger partial charge in [0, 0.05) is 5.92 Å². The molecule has 2 aromatic rings. The molecule has 250 valence electrons. The van der Waals surface area contributed by atoms with Gasteiger partial charge in [-0.2, -0.15) is 9.97 Å². The molecule has 0 saturated carbocycles. The van der Waals surface area contributed by atoms with Gasteiger partial charge in [-0.25, -0.2) is 4.98 Å². The molecular weight excluding hydrogens is 634 g/mol. The summed E-state index contributed by atoms with van der Waals surface area (Å²) >= 11 is 6.54. The summed E-state index contributed by atoms with van der Waals surface area (Å²) in [6, 6.07) is 0. The number of anilines is 1. The smallest absolute Gasteiger partial charge is 0.340 e. The Kier molecular flexibility index (Phi) is 12.4. The maximum Gasteiger partial charge on any atom is 0.340 e. The Balaban J connectivity index is 2.14. The van der Waals surface area contributed by atoms with E-state index in [1.807, 2.05) is 27.7 Å². The van der Waals surface area contributed by atoms with Crippen molar-refractivity contribution in [2.75, 3.05) is 11.9 Å². The Morgan fingerprint density at radius 3 is 2.14 bits per heavy atom. The topological polar surface area (TPSA) is 130 Å². The van der Waals surface area contributed by atoms with E-state index in [4.69, 9.17) is 29.6 Å². The number of fused-ring (bicyclic) bond motifs is 1. The van der Waals surface area contributed by atoms with Crippen molar-refractivity contribution in [3.63, 3.8) is 0 Å². The quantitative estimate of drug-likeness (QED) is 0.171. The van der Waals surface area contributed by atoms with Crippen molar-refractivity contribution in [3.8, 4) is 0 Å². The summed E-state index contributed by atoms with van der Waals surface area (Å²) in [5.41, 5.74) is 1.56. The zero-order chi connectivity index (χ0) is 33.3. The van der Waals surface area contributed by atoms with Crippen LogP contribution >= 0.6 is 11.6 Å². The second-order valence-electron chi connectivity index (χ2n) is 14.5. The number of imidazole rings is 1. The molecule has 1 amide bonds. The van der Waals surface area contributed by atoms with Crippen LogP contribution in [0.5, 0.6) is 0 Å². The van der Waals surface area contributed by atoms with Crippen LogP contribution in [0.4, 0.5) is 5.95 Å². The third-order valence-electron chi connectivity index (χ3n) is 7.95. The summed E-state index contributed by atoms with van der Waals surface area (Å²) in [6.45, 7) is 27.0. The minimum Gasteiger partial charge on any atom is -0.411 e. The molecule has 0 aromatic carbocycles. The van der Waals surface area contributed by atoms with Crippen molar-refractivity contribution in [3.05, 3.63) is 11.5 Å². The van der Waals surface area contributed by atoms with Gasteiger partial charge in [-0.05, 0) is 41.8 Å². The van der Waals surface area contributed by atoms with Crippen LogP contribution in [-0.2, 0) is 22.8 Å². The van der Waals surface area contributed by atoms with E-state index in [-0.39, 0.29) is 40.6 Å². The predicted molar refractivity (Wildman–Crippen MR) is 182 cm³/mol. The van der Waals surface area contributed by atoms with Crippen LogP contribution in [0, 0.1) is 5.92 Å². The van der Waals surface area contributed by atoms with E-state index in [0.29, 0.717) is 22.2 Å². The number of amides is 1. The van der Waals surface area contributed by atoms with Crippen molar-refractivity contribution >= 4 is 60.5 Å². The zero-order valence-corrected chi connectivity index (χ0v) is 32.6. The van der Waals surface area contributed by atoms with E-state index in [1.165, 1.54) is 0 Å². The summed E-state index contributed by atoms with van der Waals surface area (Å²) in [4.78, 5) is 37.5. The molecule has 44 heavy (non-hydrogen) atoms. The fourth-order valence-corrected chi connectivity index (χ4v) is 12.2. The van der Waals surface area contributed by atoms with Gasteiger partial charge in [0.05, 0.1) is 12.9 Å². The summed E-state index contributed by atoms with van der Waals surface area (Å²) < 4.78 is 29.0. The lowest BCUT2D eigenvalue weighted by atomic mass is 10.1. The van der Waals surface area contributed by atoms with Crippen molar-refractivity contribution in [1.82, 2.24) is 19.5 Å². The molecule has 3 heterocycles. The van der Waals surface area contributed by atoms with Gasteiger partial charge in [0.2, 0.25) is 11.9 Å². The molecule has 1 saturated heterocycles. The molecule has 3 rings (SSSR count). The summed E-state index contributed by atoms with van der Waals surface area (Å²) in [5, 5.41) is 2.87. The lowest BCUT2D eigenvalue weighted by molar-refractivity contribution is -0.118. The first-order chi connectivity index (χ1) is 20.3. The predicted octanol–water partition coefficient (Wildman–Crippen LogP) is 6.39. The summed E-state index contributed by atoms with van der Waals surface area (Å²) in [5.74, 6) is -0.393. The van der Waals surface area contributed by atoms with Crippen LogP contribution in [0.1, 0.15) is 75.5 Å². The van der Waals surface area contributed by atoms with E-state index in [2.05, 4.69) is 67.6 Å². The zero-order valence-electron chi connectivity index (χ0n) is 28.7. The number of hydrogen-bond acceptors (Lipinski definition) is 9. The highest BCUT2D eigenvalue weighted by Crippen LogP contribution is 2.41. The van der Waals surface area contributed by atoms with Crippen LogP contribution in [-0.4, -0.2) is 81.1 Å². The molecule has 0 spiro atoms. The molecule has 4 atom stereocenters. The number of ether oxygens (including phenoxy) is 1. The van der Waals surface area contributed by atoms with E-state index >= 15 is 0 Å². The largest absolute Gasteiger partial charge is 0.411 e. The van der Waals surface area contributed by atoms with Crippen LogP contribution in [0.2, 0.25) is 47.0 Å². The molecule has 0 aliphatic carbocycles. The van der Waals surface area contributed by atoms with Crippen LogP contribution in [0.15, 0.2) is 6.33 Å². The molecule has 2 unspecified atom stereocenters. The van der Waals surface area contributed by atoms with Crippen LogP contribution < -0.4 is 5.32 Å². The molecule has 15 heteroatoms. The third kappa shape index (κ3) is 8.56. The van der Waals surface area contributed by atoms with Gasteiger partial charge in [0.25, 0.3) is 0 Å². The second-order valence-corrected chi connectivity index (χ2v) is 27.3. The number of halogens is 1. The van der Waals surface area contributed by atoms with E-state index in [9.17, 15) is 9.59 Å². The van der Waals surface area contributed by atoms with Gasteiger partial charge >= 0.3 is 8.56 Å². The molecule has 0 bridgehead atoms. The summed E-state index contributed by atoms with van der Waals surface area (Å²) in [6.07, 6.45) is -0.513. The maximum absolute atomic E-state index is 12.5. The van der Waals surface area contributed by atoms with Crippen LogP contribution in [0.3, 0.4) is 0 Å². The highest BCUT2D eigenvalue weighted by Gasteiger charge is 2.52. The number of hydrogen-bond donors (Lipinski definition) is 2. The van der Waals surface area contributed by atoms with Crippen molar-refractivity contribution in [2.24, 2.45) is 5.92 Å². The van der Waals surface area contributed by atoms with Crippen molar-refractivity contribution in [1.29, 1.82) is 0 Å². The average Bonchev–Trinajstić information content (AvgIpc) is 3.45. The number of carbonyl (C=O) groups is 1. The highest BCUT2D eigenvalue weighted by molar-refractivity contribution is 6.70. The minimum atomic E-state index is -3.08. The molecule has 0 radical (unpaired) electrons. The Morgan fingerprint density at radius 1 is 1.05 bits per heavy atom. The fraction of sp³-hybridized carbons (Fsp3) is 0.793. The van der Waals surface area contributed by atoms with E-state index in [0.717, 1.165) is 0 Å². The maximum atomic E-state index is 12.5. The van der Waals surface area contributed by atoms with E-state index < -0.39 is 50.5 Å². The standard InChI is InChI=1S/C29H54ClN5O6Si3/c1-16(2)27(36)34-29-32-25(30)22-26(33-29)35(15-31-22)28-24(41-43(11,12)13)23(40-42(17(3)4)18(5)6)21(39-28)14-38-44(37,19(7)8)20(9)10/h15-21,23-24,28,37,42H,14H2,1-13H3,(H,32,33,34,36)/t21-,23?,24?,28-/m1/s1. The Morgan fingerprint density at radius 2 is 1.64 bits per heavy atom. The molecule has 2 aromatic heterocycles. The van der Waals surface area contributed by atoms with Gasteiger partial charge in [-0.1, -0.05) is 80.8 Å². The van der Waals surface area contributed by atoms with Crippen molar-refractivity contribution < 1.29 is 27.6 Å². The average molecular weight is 688 g/mol. The van der Waals surface area contributed by atoms with Gasteiger partial charge in [-0.3, -0.25) is 14.7 Å². The second kappa shape index (κ2) is 14.7. The number of rotatable bonds is 14. The lowest BCUT2D eigenvalue weighted by Crippen LogP contribution is -2.50. The Labute approximate surface area is 271 Å². The SMILES string of the molecule is CC(C)C(=O)Nc1nc(Cl)c2ncn([C@@H]3O[C@H](CO[Si](O)(C(C)C)C(C)C)C(O[SiH](C(C)C)C(C)C)C3O[Si](C)(C)C)c2n1. The third-order valence-corrected chi connectivity index (χ3v) is 16.4. The number of carbonyl (C=O) groups excluding carboxylic acids is 1. The molecule has 1 aliphatic heterocycles. The van der Waals surface area contributed by atoms with Gasteiger partial charge in [0.1, 0.15) is 23.8 Å². The monoisotopic (exact) mass is 687 g/mol.